The van der Waals surface area contributed by atoms with Crippen LogP contribution in [0, 0.1) is 0 Å². The molecule has 0 aliphatic rings. The molecule has 0 spiro atoms. The molecule has 1 heterocycles. The van der Waals surface area contributed by atoms with Crippen LogP contribution in [-0.4, -0.2) is 17.4 Å². The van der Waals surface area contributed by atoms with Crippen LogP contribution < -0.4 is 16.6 Å². The molecule has 1 amide bonds. The summed E-state index contributed by atoms with van der Waals surface area (Å²) >= 11 is 0. The number of unbranched alkanes of at least 4 members (excludes halogenated alkanes) is 1. The van der Waals surface area contributed by atoms with Crippen molar-refractivity contribution < 1.29 is 4.79 Å². The number of benzene rings is 1. The lowest BCUT2D eigenvalue weighted by atomic mass is 10.0. The van der Waals surface area contributed by atoms with Gasteiger partial charge in [-0.3, -0.25) is 10.2 Å². The highest BCUT2D eigenvalue weighted by Gasteiger charge is 2.03. The molecule has 4 N–H and O–H groups in total. The van der Waals surface area contributed by atoms with Crippen molar-refractivity contribution in [3.05, 3.63) is 59.3 Å². The summed E-state index contributed by atoms with van der Waals surface area (Å²) in [5, 5.41) is 3.36. The van der Waals surface area contributed by atoms with Gasteiger partial charge in [0, 0.05) is 12.2 Å². The van der Waals surface area contributed by atoms with E-state index in [1.165, 1.54) is 12.0 Å². The molecular weight excluding hydrogens is 300 g/mol. The first-order valence-electron chi connectivity index (χ1n) is 8.48. The minimum Gasteiger partial charge on any atom is -0.370 e. The van der Waals surface area contributed by atoms with Gasteiger partial charge in [0.25, 0.3) is 0 Å². The first-order valence-corrected chi connectivity index (χ1v) is 8.48. The molecule has 0 unspecified atom stereocenters. The van der Waals surface area contributed by atoms with E-state index in [1.807, 2.05) is 24.3 Å². The van der Waals surface area contributed by atoms with Gasteiger partial charge in [-0.1, -0.05) is 43.7 Å². The lowest BCUT2D eigenvalue weighted by Gasteiger charge is -2.07. The quantitative estimate of drug-likeness (QED) is 0.286. The molecule has 0 bridgehead atoms. The topological polar surface area (TPSA) is 80.0 Å². The average Bonchev–Trinajstić information content (AvgIpc) is 2.61. The number of aryl methyl sites for hydroxylation is 2. The molecular formula is C19H26N4O. The van der Waals surface area contributed by atoms with Crippen molar-refractivity contribution in [2.24, 2.45) is 5.84 Å². The van der Waals surface area contributed by atoms with E-state index < -0.39 is 0 Å². The average molecular weight is 326 g/mol. The smallest absolute Gasteiger partial charge is 0.238 e. The maximum atomic E-state index is 11.3. The first-order chi connectivity index (χ1) is 11.7. The number of carbonyl (C=O) groups is 1. The maximum Gasteiger partial charge on any atom is 0.238 e. The lowest BCUT2D eigenvalue weighted by molar-refractivity contribution is -0.120. The largest absolute Gasteiger partial charge is 0.370 e. The molecule has 0 atom stereocenters. The van der Waals surface area contributed by atoms with Gasteiger partial charge in [-0.05, 0) is 42.5 Å². The van der Waals surface area contributed by atoms with Crippen LogP contribution in [0.15, 0.2) is 42.5 Å². The molecule has 1 aromatic carbocycles. The third kappa shape index (κ3) is 6.01. The number of aromatic nitrogens is 1. The van der Waals surface area contributed by atoms with Crippen molar-refractivity contribution in [1.29, 1.82) is 0 Å². The molecule has 5 heteroatoms. The normalized spacial score (nSPS) is 10.4. The van der Waals surface area contributed by atoms with Crippen LogP contribution in [0.25, 0.3) is 0 Å². The van der Waals surface area contributed by atoms with Gasteiger partial charge >= 0.3 is 0 Å². The Morgan fingerprint density at radius 2 is 1.83 bits per heavy atom. The predicted molar refractivity (Wildman–Crippen MR) is 97.5 cm³/mol. The maximum absolute atomic E-state index is 11.3. The molecule has 128 valence electrons. The lowest BCUT2D eigenvalue weighted by Crippen LogP contribution is -2.31. The fraction of sp³-hybridized carbons (Fsp3) is 0.368. The Labute approximate surface area is 143 Å². The number of hydrazine groups is 1. The van der Waals surface area contributed by atoms with Gasteiger partial charge in [0.1, 0.15) is 5.82 Å². The number of anilines is 1. The number of amides is 1. The number of hydrogen-bond donors (Lipinski definition) is 3. The Hall–Kier alpha value is -2.40. The second kappa shape index (κ2) is 9.67. The van der Waals surface area contributed by atoms with Crippen molar-refractivity contribution in [1.82, 2.24) is 10.4 Å². The van der Waals surface area contributed by atoms with E-state index in [-0.39, 0.29) is 5.91 Å². The SMILES string of the molecule is CCCCNc1cccc(CCc2ccc(CC(=O)NN)cc2)n1. The summed E-state index contributed by atoms with van der Waals surface area (Å²) in [6.07, 6.45) is 4.46. The van der Waals surface area contributed by atoms with E-state index in [4.69, 9.17) is 5.84 Å². The molecule has 0 fully saturated rings. The van der Waals surface area contributed by atoms with Crippen molar-refractivity contribution in [2.75, 3.05) is 11.9 Å². The number of nitrogens with two attached hydrogens (primary N) is 1. The molecule has 5 nitrogen and oxygen atoms in total. The van der Waals surface area contributed by atoms with E-state index in [9.17, 15) is 4.79 Å². The van der Waals surface area contributed by atoms with Gasteiger partial charge in [0.15, 0.2) is 0 Å². The summed E-state index contributed by atoms with van der Waals surface area (Å²) in [6, 6.07) is 14.2. The Balaban J connectivity index is 1.86. The second-order valence-electron chi connectivity index (χ2n) is 5.86. The molecule has 0 saturated carbocycles. The Morgan fingerprint density at radius 1 is 1.08 bits per heavy atom. The first kappa shape index (κ1) is 17.9. The van der Waals surface area contributed by atoms with Gasteiger partial charge in [0.2, 0.25) is 5.91 Å². The van der Waals surface area contributed by atoms with Crippen LogP contribution in [0.3, 0.4) is 0 Å². The predicted octanol–water partition coefficient (Wildman–Crippen LogP) is 2.61. The molecule has 2 aromatic rings. The van der Waals surface area contributed by atoms with Gasteiger partial charge < -0.3 is 5.32 Å². The highest BCUT2D eigenvalue weighted by atomic mass is 16.2. The zero-order valence-electron chi connectivity index (χ0n) is 14.2. The van der Waals surface area contributed by atoms with Crippen LogP contribution in [0.1, 0.15) is 36.6 Å². The van der Waals surface area contributed by atoms with E-state index in [1.54, 1.807) is 0 Å². The molecule has 0 saturated heterocycles. The number of hydrogen-bond acceptors (Lipinski definition) is 4. The minimum atomic E-state index is -0.181. The summed E-state index contributed by atoms with van der Waals surface area (Å²) in [5.74, 6) is 5.87. The number of nitrogens with one attached hydrogen (secondary N) is 2. The molecule has 24 heavy (non-hydrogen) atoms. The van der Waals surface area contributed by atoms with Crippen LogP contribution >= 0.6 is 0 Å². The third-order valence-electron chi connectivity index (χ3n) is 3.86. The fourth-order valence-electron chi connectivity index (χ4n) is 2.44. The van der Waals surface area contributed by atoms with Crippen molar-refractivity contribution in [2.45, 2.75) is 39.0 Å². The number of rotatable bonds is 9. The number of nitrogens with zero attached hydrogens (tertiary/aromatic N) is 1. The molecule has 2 rings (SSSR count). The van der Waals surface area contributed by atoms with Crippen molar-refractivity contribution >= 4 is 11.7 Å². The highest BCUT2D eigenvalue weighted by Crippen LogP contribution is 2.11. The summed E-state index contributed by atoms with van der Waals surface area (Å²) in [4.78, 5) is 15.9. The number of pyridine rings is 1. The van der Waals surface area contributed by atoms with Gasteiger partial charge in [-0.2, -0.15) is 0 Å². The molecule has 0 radical (unpaired) electrons. The summed E-state index contributed by atoms with van der Waals surface area (Å²) < 4.78 is 0. The van der Waals surface area contributed by atoms with Crippen LogP contribution in [0.2, 0.25) is 0 Å². The zero-order chi connectivity index (χ0) is 17.2. The van der Waals surface area contributed by atoms with Crippen molar-refractivity contribution in [3.8, 4) is 0 Å². The summed E-state index contributed by atoms with van der Waals surface area (Å²) in [5.41, 5.74) is 5.43. The number of carbonyl (C=O) groups excluding carboxylic acids is 1. The van der Waals surface area contributed by atoms with E-state index in [2.05, 4.69) is 40.8 Å². The summed E-state index contributed by atoms with van der Waals surface area (Å²) in [6.45, 7) is 3.14. The monoisotopic (exact) mass is 326 g/mol. The standard InChI is InChI=1S/C19H26N4O/c1-2-3-13-21-18-6-4-5-17(22-18)12-11-15-7-9-16(10-8-15)14-19(24)23-20/h4-10H,2-3,11-14,20H2,1H3,(H,21,22)(H,23,24). The van der Waals surface area contributed by atoms with Gasteiger partial charge in [0.05, 0.1) is 6.42 Å². The molecule has 0 aliphatic heterocycles. The van der Waals surface area contributed by atoms with E-state index in [0.29, 0.717) is 6.42 Å². The van der Waals surface area contributed by atoms with Gasteiger partial charge in [-0.15, -0.1) is 0 Å². The van der Waals surface area contributed by atoms with Crippen LogP contribution in [0.5, 0.6) is 0 Å². The third-order valence-corrected chi connectivity index (χ3v) is 3.86. The summed E-state index contributed by atoms with van der Waals surface area (Å²) in [7, 11) is 0. The molecule has 0 aliphatic carbocycles. The zero-order valence-corrected chi connectivity index (χ0v) is 14.2. The van der Waals surface area contributed by atoms with Crippen LogP contribution in [-0.2, 0) is 24.1 Å². The Morgan fingerprint density at radius 3 is 2.54 bits per heavy atom. The molecule has 1 aromatic heterocycles. The van der Waals surface area contributed by atoms with E-state index >= 15 is 0 Å². The van der Waals surface area contributed by atoms with Gasteiger partial charge in [-0.25, -0.2) is 10.8 Å². The Kier molecular flexibility index (Phi) is 7.23. The Bertz CT molecular complexity index is 640. The van der Waals surface area contributed by atoms with Crippen LogP contribution in [0.4, 0.5) is 5.82 Å². The fourth-order valence-corrected chi connectivity index (χ4v) is 2.44. The van der Waals surface area contributed by atoms with Crippen molar-refractivity contribution in [3.63, 3.8) is 0 Å². The second-order valence-corrected chi connectivity index (χ2v) is 5.86. The van der Waals surface area contributed by atoms with E-state index in [0.717, 1.165) is 42.9 Å². The highest BCUT2D eigenvalue weighted by molar-refractivity contribution is 5.77. The minimum absolute atomic E-state index is 0.181.